The monoisotopic (exact) mass is 371 g/mol. The fourth-order valence-electron chi connectivity index (χ4n) is 2.92. The molecular weight excluding hydrogens is 354 g/mol. The van der Waals surface area contributed by atoms with Gasteiger partial charge < -0.3 is 10.2 Å². The second-order valence-corrected chi connectivity index (χ2v) is 7.16. The van der Waals surface area contributed by atoms with Crippen LogP contribution in [0.15, 0.2) is 25.0 Å². The first-order chi connectivity index (χ1) is 12.7. The van der Waals surface area contributed by atoms with Gasteiger partial charge in [-0.25, -0.2) is 19.6 Å². The molecule has 134 valence electrons. The van der Waals surface area contributed by atoms with E-state index in [1.54, 1.807) is 11.0 Å². The van der Waals surface area contributed by atoms with Crippen molar-refractivity contribution in [2.24, 2.45) is 5.92 Å². The number of hydrogen-bond acceptors (Lipinski definition) is 9. The molecule has 26 heavy (non-hydrogen) atoms. The van der Waals surface area contributed by atoms with Gasteiger partial charge in [-0.3, -0.25) is 4.79 Å². The third kappa shape index (κ3) is 3.52. The van der Waals surface area contributed by atoms with E-state index in [4.69, 9.17) is 0 Å². The number of amides is 1. The maximum absolute atomic E-state index is 12.6. The molecule has 0 aliphatic carbocycles. The van der Waals surface area contributed by atoms with Crippen LogP contribution in [-0.4, -0.2) is 53.9 Å². The number of carbonyl (C=O) groups excluding carboxylic acids is 1. The van der Waals surface area contributed by atoms with Crippen LogP contribution in [0.1, 0.15) is 17.8 Å². The second-order valence-electron chi connectivity index (χ2n) is 5.98. The number of nitrogens with zero attached hydrogens (tertiary/aromatic N) is 8. The summed E-state index contributed by atoms with van der Waals surface area (Å²) in [4.78, 5) is 27.2. The molecule has 1 atom stereocenters. The Morgan fingerprint density at radius 2 is 2.15 bits per heavy atom. The number of aryl methyl sites for hydroxylation is 1. The van der Waals surface area contributed by atoms with Crippen LogP contribution in [0.5, 0.6) is 0 Å². The Morgan fingerprint density at radius 3 is 2.92 bits per heavy atom. The van der Waals surface area contributed by atoms with E-state index in [0.29, 0.717) is 17.5 Å². The van der Waals surface area contributed by atoms with Crippen molar-refractivity contribution >= 4 is 28.2 Å². The van der Waals surface area contributed by atoms with Crippen molar-refractivity contribution in [3.05, 3.63) is 30.1 Å². The van der Waals surface area contributed by atoms with E-state index in [1.165, 1.54) is 24.0 Å². The molecule has 10 nitrogen and oxygen atoms in total. The summed E-state index contributed by atoms with van der Waals surface area (Å²) in [6, 6.07) is 1.85. The number of carbonyl (C=O) groups is 1. The maximum Gasteiger partial charge on any atom is 0.231 e. The van der Waals surface area contributed by atoms with Crippen molar-refractivity contribution < 1.29 is 4.79 Å². The van der Waals surface area contributed by atoms with Gasteiger partial charge in [0, 0.05) is 19.2 Å². The van der Waals surface area contributed by atoms with Gasteiger partial charge in [-0.1, -0.05) is 11.3 Å². The zero-order valence-corrected chi connectivity index (χ0v) is 14.9. The summed E-state index contributed by atoms with van der Waals surface area (Å²) < 4.78 is 1.58. The van der Waals surface area contributed by atoms with E-state index in [9.17, 15) is 4.79 Å². The summed E-state index contributed by atoms with van der Waals surface area (Å²) in [6.45, 7) is 3.30. The summed E-state index contributed by atoms with van der Waals surface area (Å²) in [5.41, 5.74) is 0. The summed E-state index contributed by atoms with van der Waals surface area (Å²) >= 11 is 1.37. The Kier molecular flexibility index (Phi) is 4.52. The van der Waals surface area contributed by atoms with Gasteiger partial charge in [-0.2, -0.15) is 5.10 Å². The molecule has 1 aliphatic rings. The van der Waals surface area contributed by atoms with E-state index in [2.05, 4.69) is 40.5 Å². The maximum atomic E-state index is 12.6. The predicted octanol–water partition coefficient (Wildman–Crippen LogP) is 1.07. The van der Waals surface area contributed by atoms with Gasteiger partial charge >= 0.3 is 0 Å². The minimum absolute atomic E-state index is 0.0311. The first-order valence-corrected chi connectivity index (χ1v) is 9.03. The molecule has 0 saturated carbocycles. The van der Waals surface area contributed by atoms with Crippen molar-refractivity contribution in [2.45, 2.75) is 19.8 Å². The van der Waals surface area contributed by atoms with Crippen molar-refractivity contribution in [3.8, 4) is 5.82 Å². The van der Waals surface area contributed by atoms with Gasteiger partial charge in [0.15, 0.2) is 5.82 Å². The van der Waals surface area contributed by atoms with Gasteiger partial charge in [0.05, 0.1) is 5.92 Å². The van der Waals surface area contributed by atoms with Crippen molar-refractivity contribution in [2.75, 3.05) is 23.3 Å². The molecule has 1 aliphatic heterocycles. The first-order valence-electron chi connectivity index (χ1n) is 8.22. The Bertz CT molecular complexity index is 894. The zero-order valence-electron chi connectivity index (χ0n) is 14.1. The van der Waals surface area contributed by atoms with Crippen molar-refractivity contribution in [1.29, 1.82) is 0 Å². The van der Waals surface area contributed by atoms with E-state index >= 15 is 0 Å². The van der Waals surface area contributed by atoms with E-state index in [0.717, 1.165) is 30.2 Å². The van der Waals surface area contributed by atoms with Crippen LogP contribution in [0, 0.1) is 12.8 Å². The smallest absolute Gasteiger partial charge is 0.231 e. The molecule has 0 radical (unpaired) electrons. The van der Waals surface area contributed by atoms with Crippen LogP contribution in [0.3, 0.4) is 0 Å². The Morgan fingerprint density at radius 1 is 1.27 bits per heavy atom. The van der Waals surface area contributed by atoms with Crippen LogP contribution in [0.2, 0.25) is 0 Å². The molecular formula is C15H17N9OS. The highest BCUT2D eigenvalue weighted by molar-refractivity contribution is 7.15. The number of aromatic nitrogens is 7. The summed E-state index contributed by atoms with van der Waals surface area (Å²) in [6.07, 6.45) is 6.29. The van der Waals surface area contributed by atoms with Crippen LogP contribution >= 0.6 is 11.3 Å². The molecule has 0 aromatic carbocycles. The quantitative estimate of drug-likeness (QED) is 0.724. The number of nitrogens with one attached hydrogen (secondary N) is 1. The topological polar surface area (TPSA) is 115 Å². The second kappa shape index (κ2) is 7.12. The Balaban J connectivity index is 1.46. The number of rotatable bonds is 4. The zero-order chi connectivity index (χ0) is 17.9. The fraction of sp³-hybridized carbons (Fsp3) is 0.400. The van der Waals surface area contributed by atoms with E-state index in [1.807, 2.05) is 13.0 Å². The average molecular weight is 371 g/mol. The predicted molar refractivity (Wildman–Crippen MR) is 95.2 cm³/mol. The normalized spacial score (nSPS) is 17.3. The SMILES string of the molecule is Cc1nnc(NC(=O)C2CCCN(c3cc(-n4cncn4)ncn3)C2)s1. The van der Waals surface area contributed by atoms with Crippen LogP contribution in [0.4, 0.5) is 10.9 Å². The van der Waals surface area contributed by atoms with Gasteiger partial charge in [-0.05, 0) is 19.8 Å². The standard InChI is InChI=1S/C15H17N9OS/c1-10-21-22-15(26-10)20-14(25)11-3-2-4-23(6-11)12-5-13(18-8-17-12)24-9-16-7-19-24/h5,7-9,11H,2-4,6H2,1H3,(H,20,22,25). The summed E-state index contributed by atoms with van der Waals surface area (Å²) in [5, 5.41) is 16.2. The minimum Gasteiger partial charge on any atom is -0.356 e. The lowest BCUT2D eigenvalue weighted by atomic mass is 9.97. The minimum atomic E-state index is -0.127. The summed E-state index contributed by atoms with van der Waals surface area (Å²) in [5.74, 6) is 1.26. The molecule has 3 aromatic rings. The highest BCUT2D eigenvalue weighted by Gasteiger charge is 2.27. The highest BCUT2D eigenvalue weighted by Crippen LogP contribution is 2.24. The third-order valence-corrected chi connectivity index (χ3v) is 4.92. The molecule has 1 unspecified atom stereocenters. The molecule has 11 heteroatoms. The van der Waals surface area contributed by atoms with Gasteiger partial charge in [0.1, 0.15) is 29.8 Å². The Labute approximate surface area is 153 Å². The molecule has 1 amide bonds. The lowest BCUT2D eigenvalue weighted by Gasteiger charge is -2.32. The molecule has 1 saturated heterocycles. The average Bonchev–Trinajstić information content (AvgIpc) is 3.34. The first kappa shape index (κ1) is 16.5. The number of hydrogen-bond donors (Lipinski definition) is 1. The molecule has 1 fully saturated rings. The van der Waals surface area contributed by atoms with E-state index in [-0.39, 0.29) is 11.8 Å². The summed E-state index contributed by atoms with van der Waals surface area (Å²) in [7, 11) is 0. The molecule has 4 heterocycles. The van der Waals surface area contributed by atoms with Gasteiger partial charge in [0.2, 0.25) is 11.0 Å². The van der Waals surface area contributed by atoms with Crippen LogP contribution in [0.25, 0.3) is 5.82 Å². The Hall–Kier alpha value is -2.95. The molecule has 0 bridgehead atoms. The largest absolute Gasteiger partial charge is 0.356 e. The lowest BCUT2D eigenvalue weighted by Crippen LogP contribution is -2.41. The van der Waals surface area contributed by atoms with Gasteiger partial charge in [0.25, 0.3) is 0 Å². The lowest BCUT2D eigenvalue weighted by molar-refractivity contribution is -0.120. The third-order valence-electron chi connectivity index (χ3n) is 4.16. The molecule has 4 rings (SSSR count). The van der Waals surface area contributed by atoms with E-state index < -0.39 is 0 Å². The fourth-order valence-corrected chi connectivity index (χ4v) is 3.51. The van der Waals surface area contributed by atoms with Crippen molar-refractivity contribution in [3.63, 3.8) is 0 Å². The highest BCUT2D eigenvalue weighted by atomic mass is 32.1. The number of piperidine rings is 1. The molecule has 3 aromatic heterocycles. The van der Waals surface area contributed by atoms with Crippen LogP contribution < -0.4 is 10.2 Å². The van der Waals surface area contributed by atoms with Crippen molar-refractivity contribution in [1.82, 2.24) is 34.9 Å². The molecule has 1 N–H and O–H groups in total. The number of anilines is 2. The van der Waals surface area contributed by atoms with Crippen LogP contribution in [-0.2, 0) is 4.79 Å². The molecule has 0 spiro atoms. The van der Waals surface area contributed by atoms with Gasteiger partial charge in [-0.15, -0.1) is 10.2 Å².